The van der Waals surface area contributed by atoms with Gasteiger partial charge in [-0.1, -0.05) is 0 Å². The summed E-state index contributed by atoms with van der Waals surface area (Å²) in [5.41, 5.74) is -1.07. The Kier molecular flexibility index (Phi) is 5.03. The van der Waals surface area contributed by atoms with Crippen LogP contribution < -0.4 is 9.47 Å². The Labute approximate surface area is 156 Å². The predicted molar refractivity (Wildman–Crippen MR) is 91.9 cm³/mol. The van der Waals surface area contributed by atoms with Crippen molar-refractivity contribution in [2.24, 2.45) is 0 Å². The lowest BCUT2D eigenvalue weighted by Gasteiger charge is -2.34. The van der Waals surface area contributed by atoms with E-state index in [0.717, 1.165) is 0 Å². The molecule has 0 saturated heterocycles. The highest BCUT2D eigenvalue weighted by Crippen LogP contribution is 2.41. The van der Waals surface area contributed by atoms with Gasteiger partial charge in [0, 0.05) is 25.8 Å². The van der Waals surface area contributed by atoms with Gasteiger partial charge in [0.25, 0.3) is 0 Å². The third-order valence-electron chi connectivity index (χ3n) is 4.13. The Morgan fingerprint density at radius 1 is 1.00 bits per heavy atom. The largest absolute Gasteiger partial charge is 0.482 e. The van der Waals surface area contributed by atoms with Gasteiger partial charge in [-0.2, -0.15) is 0 Å². The molecule has 0 bridgehead atoms. The third-order valence-corrected chi connectivity index (χ3v) is 4.13. The quantitative estimate of drug-likeness (QED) is 0.550. The minimum atomic E-state index is -0.872. The van der Waals surface area contributed by atoms with Crippen molar-refractivity contribution < 1.29 is 38.1 Å². The summed E-state index contributed by atoms with van der Waals surface area (Å²) in [7, 11) is 2.88. The Morgan fingerprint density at radius 2 is 1.67 bits per heavy atom. The van der Waals surface area contributed by atoms with Gasteiger partial charge >= 0.3 is 0 Å². The Bertz CT molecular complexity index is 850. The Balaban J connectivity index is 2.14. The zero-order valence-electron chi connectivity index (χ0n) is 15.5. The van der Waals surface area contributed by atoms with Gasteiger partial charge in [-0.25, -0.2) is 0 Å². The van der Waals surface area contributed by atoms with E-state index < -0.39 is 23.0 Å². The van der Waals surface area contributed by atoms with Crippen molar-refractivity contribution in [2.45, 2.75) is 25.9 Å². The molecule has 2 aliphatic rings. The average Bonchev–Trinajstić information content (AvgIpc) is 2.60. The number of carbonyl (C=O) groups excluding carboxylic acids is 3. The number of ether oxygens (including phenoxy) is 5. The van der Waals surface area contributed by atoms with E-state index in [9.17, 15) is 14.4 Å². The molecule has 1 heterocycles. The Morgan fingerprint density at radius 3 is 2.33 bits per heavy atom. The van der Waals surface area contributed by atoms with E-state index >= 15 is 0 Å². The highest BCUT2D eigenvalue weighted by Gasteiger charge is 2.46. The topological polar surface area (TPSA) is 97.4 Å². The maximum Gasteiger partial charge on any atom is 0.229 e. The zero-order chi connectivity index (χ0) is 19.8. The molecule has 8 nitrogen and oxygen atoms in total. The SMILES string of the molecule is COCOc1cc(OCOC)c2c(c1)C(=O)C1=C(C(=O)CC(C)(C)O1)C2=O. The molecule has 0 radical (unpaired) electrons. The maximum absolute atomic E-state index is 13.0. The van der Waals surface area contributed by atoms with E-state index in [-0.39, 0.29) is 54.0 Å². The molecule has 0 atom stereocenters. The van der Waals surface area contributed by atoms with Crippen molar-refractivity contribution in [3.05, 3.63) is 34.6 Å². The highest BCUT2D eigenvalue weighted by atomic mass is 16.7. The summed E-state index contributed by atoms with van der Waals surface area (Å²) < 4.78 is 26.3. The van der Waals surface area contributed by atoms with Crippen LogP contribution in [0.15, 0.2) is 23.5 Å². The van der Waals surface area contributed by atoms with Gasteiger partial charge in [-0.3, -0.25) is 14.4 Å². The molecule has 1 aliphatic carbocycles. The molecule has 3 rings (SSSR count). The number of carbonyl (C=O) groups is 3. The standard InChI is InChI=1S/C19H20O8/c1-19(2)7-12(20)15-17(22)14-11(16(21)18(15)27-19)5-10(25-8-23-3)6-13(14)26-9-24-4/h5-6H,7-9H2,1-4H3. The zero-order valence-corrected chi connectivity index (χ0v) is 15.5. The van der Waals surface area contributed by atoms with E-state index in [0.29, 0.717) is 0 Å². The molecule has 0 N–H and O–H groups in total. The summed E-state index contributed by atoms with van der Waals surface area (Å²) in [5, 5.41) is 0. The van der Waals surface area contributed by atoms with Crippen molar-refractivity contribution in [1.29, 1.82) is 0 Å². The van der Waals surface area contributed by atoms with Gasteiger partial charge in [0.15, 0.2) is 25.1 Å². The van der Waals surface area contributed by atoms with Crippen LogP contribution >= 0.6 is 0 Å². The van der Waals surface area contributed by atoms with Crippen molar-refractivity contribution in [2.75, 3.05) is 27.8 Å². The lowest BCUT2D eigenvalue weighted by Crippen LogP contribution is -2.40. The molecule has 8 heteroatoms. The first kappa shape index (κ1) is 19.1. The first-order valence-electron chi connectivity index (χ1n) is 8.26. The summed E-state index contributed by atoms with van der Waals surface area (Å²) >= 11 is 0. The van der Waals surface area contributed by atoms with E-state index in [1.165, 1.54) is 26.4 Å². The fourth-order valence-electron chi connectivity index (χ4n) is 3.05. The van der Waals surface area contributed by atoms with E-state index in [1.54, 1.807) is 13.8 Å². The van der Waals surface area contributed by atoms with Crippen LogP contribution in [0.1, 0.15) is 41.0 Å². The molecule has 1 aromatic rings. The van der Waals surface area contributed by atoms with E-state index in [2.05, 4.69) is 0 Å². The summed E-state index contributed by atoms with van der Waals surface area (Å²) in [6, 6.07) is 2.86. The van der Waals surface area contributed by atoms with Gasteiger partial charge in [-0.05, 0) is 19.9 Å². The molecular formula is C19H20O8. The molecular weight excluding hydrogens is 356 g/mol. The molecule has 0 aromatic heterocycles. The van der Waals surface area contributed by atoms with E-state index in [1.807, 2.05) is 0 Å². The lowest BCUT2D eigenvalue weighted by molar-refractivity contribution is -0.122. The van der Waals surface area contributed by atoms with Gasteiger partial charge in [-0.15, -0.1) is 0 Å². The maximum atomic E-state index is 13.0. The van der Waals surface area contributed by atoms with Gasteiger partial charge in [0.2, 0.25) is 11.6 Å². The molecule has 0 unspecified atom stereocenters. The second kappa shape index (κ2) is 7.13. The van der Waals surface area contributed by atoms with Crippen molar-refractivity contribution >= 4 is 17.3 Å². The summed E-state index contributed by atoms with van der Waals surface area (Å²) in [6.07, 6.45) is 0.00345. The molecule has 1 aliphatic heterocycles. The molecule has 0 spiro atoms. The van der Waals surface area contributed by atoms with Crippen LogP contribution in [0, 0.1) is 0 Å². The number of allylic oxidation sites excluding steroid dienone is 2. The monoisotopic (exact) mass is 376 g/mol. The third kappa shape index (κ3) is 3.45. The predicted octanol–water partition coefficient (Wildman–Crippen LogP) is 2.05. The van der Waals surface area contributed by atoms with Crippen LogP contribution in [0.5, 0.6) is 11.5 Å². The molecule has 27 heavy (non-hydrogen) atoms. The summed E-state index contributed by atoms with van der Waals surface area (Å²) in [5.74, 6) is -1.47. The van der Waals surface area contributed by atoms with Gasteiger partial charge < -0.3 is 23.7 Å². The van der Waals surface area contributed by atoms with Gasteiger partial charge in [0.05, 0.1) is 12.0 Å². The Hall–Kier alpha value is -2.71. The molecule has 0 fully saturated rings. The first-order chi connectivity index (χ1) is 12.8. The van der Waals surface area contributed by atoms with Crippen LogP contribution in [0.25, 0.3) is 0 Å². The number of hydrogen-bond donors (Lipinski definition) is 0. The van der Waals surface area contributed by atoms with E-state index in [4.69, 9.17) is 23.7 Å². The first-order valence-corrected chi connectivity index (χ1v) is 8.26. The molecule has 1 aromatic carbocycles. The highest BCUT2D eigenvalue weighted by molar-refractivity contribution is 6.37. The number of rotatable bonds is 6. The van der Waals surface area contributed by atoms with Crippen LogP contribution in [0.2, 0.25) is 0 Å². The number of benzene rings is 1. The smallest absolute Gasteiger partial charge is 0.229 e. The molecule has 0 saturated carbocycles. The number of fused-ring (bicyclic) bond motifs is 1. The minimum absolute atomic E-state index is 0.00257. The van der Waals surface area contributed by atoms with Crippen LogP contribution in [0.4, 0.5) is 0 Å². The second-order valence-corrected chi connectivity index (χ2v) is 6.77. The average molecular weight is 376 g/mol. The molecule has 0 amide bonds. The minimum Gasteiger partial charge on any atom is -0.482 e. The normalized spacial score (nSPS) is 18.0. The van der Waals surface area contributed by atoms with Crippen LogP contribution in [0.3, 0.4) is 0 Å². The molecule has 144 valence electrons. The van der Waals surface area contributed by atoms with Gasteiger partial charge in [0.1, 0.15) is 22.7 Å². The van der Waals surface area contributed by atoms with Crippen LogP contribution in [-0.4, -0.2) is 50.8 Å². The number of methoxy groups -OCH3 is 2. The van der Waals surface area contributed by atoms with Crippen molar-refractivity contribution in [3.8, 4) is 11.5 Å². The lowest BCUT2D eigenvalue weighted by atomic mass is 9.81. The summed E-state index contributed by atoms with van der Waals surface area (Å²) in [4.78, 5) is 38.6. The van der Waals surface area contributed by atoms with Crippen LogP contribution in [-0.2, 0) is 19.0 Å². The fraction of sp³-hybridized carbons (Fsp3) is 0.421. The van der Waals surface area contributed by atoms with Crippen molar-refractivity contribution in [3.63, 3.8) is 0 Å². The van der Waals surface area contributed by atoms with Crippen molar-refractivity contribution in [1.82, 2.24) is 0 Å². The second-order valence-electron chi connectivity index (χ2n) is 6.77. The number of Topliss-reactive ketones (excluding diaryl/α,β-unsaturated/α-hetero) is 3. The summed E-state index contributed by atoms with van der Waals surface area (Å²) in [6.45, 7) is 3.17. The number of ketones is 3. The number of hydrogen-bond acceptors (Lipinski definition) is 8. The fourth-order valence-corrected chi connectivity index (χ4v) is 3.05.